The van der Waals surface area contributed by atoms with Crippen molar-refractivity contribution >= 4 is 34.8 Å². The molecule has 0 fully saturated rings. The molecule has 2 aliphatic heterocycles. The molecule has 0 radical (unpaired) electrons. The van der Waals surface area contributed by atoms with Gasteiger partial charge in [-0.1, -0.05) is 65.7 Å². The summed E-state index contributed by atoms with van der Waals surface area (Å²) in [6.07, 6.45) is 1.16. The molecule has 2 aliphatic rings. The minimum absolute atomic E-state index is 0.236. The fourth-order valence-corrected chi connectivity index (χ4v) is 4.69. The molecule has 0 saturated heterocycles. The summed E-state index contributed by atoms with van der Waals surface area (Å²) in [7, 11) is 0. The summed E-state index contributed by atoms with van der Waals surface area (Å²) in [6.45, 7) is 0. The van der Waals surface area contributed by atoms with Crippen LogP contribution in [0.2, 0.25) is 10.0 Å². The van der Waals surface area contributed by atoms with Gasteiger partial charge < -0.3 is 10.1 Å². The lowest BCUT2D eigenvalue weighted by Gasteiger charge is -2.39. The lowest BCUT2D eigenvalue weighted by Crippen LogP contribution is -2.32. The van der Waals surface area contributed by atoms with E-state index in [0.717, 1.165) is 33.7 Å². The van der Waals surface area contributed by atoms with Gasteiger partial charge in [-0.25, -0.2) is 4.68 Å². The Morgan fingerprint density at radius 3 is 2.52 bits per heavy atom. The summed E-state index contributed by atoms with van der Waals surface area (Å²) in [4.78, 5) is 4.44. The highest BCUT2D eigenvalue weighted by molar-refractivity contribution is 6.31. The number of benzene rings is 3. The number of hydrogen-bond acceptors (Lipinski definition) is 4. The molecule has 31 heavy (non-hydrogen) atoms. The quantitative estimate of drug-likeness (QED) is 0.401. The molecule has 1 aromatic heterocycles. The van der Waals surface area contributed by atoms with E-state index in [0.29, 0.717) is 16.0 Å². The third-order valence-electron chi connectivity index (χ3n) is 5.69. The van der Waals surface area contributed by atoms with Crippen LogP contribution in [0.15, 0.2) is 84.7 Å². The van der Waals surface area contributed by atoms with Gasteiger partial charge in [-0.15, -0.1) is 0 Å². The van der Waals surface area contributed by atoms with Gasteiger partial charge in [0.2, 0.25) is 5.95 Å². The van der Waals surface area contributed by atoms with Crippen LogP contribution < -0.4 is 10.1 Å². The third-order valence-corrected chi connectivity index (χ3v) is 6.29. The van der Waals surface area contributed by atoms with Gasteiger partial charge in [-0.3, -0.25) is 0 Å². The highest BCUT2D eigenvalue weighted by Gasteiger charge is 2.41. The molecule has 4 aromatic rings. The first-order valence-electron chi connectivity index (χ1n) is 9.87. The largest absolute Gasteiger partial charge is 0.480 e. The first kappa shape index (κ1) is 18.5. The van der Waals surface area contributed by atoms with Crippen LogP contribution in [-0.4, -0.2) is 14.8 Å². The van der Waals surface area contributed by atoms with Gasteiger partial charge in [0.1, 0.15) is 18.1 Å². The molecule has 1 N–H and O–H groups in total. The zero-order valence-corrected chi connectivity index (χ0v) is 17.7. The van der Waals surface area contributed by atoms with E-state index in [-0.39, 0.29) is 6.04 Å². The molecular weight excluding hydrogens is 431 g/mol. The van der Waals surface area contributed by atoms with E-state index in [4.69, 9.17) is 27.9 Å². The Morgan fingerprint density at radius 1 is 0.903 bits per heavy atom. The average molecular weight is 447 g/mol. The van der Waals surface area contributed by atoms with Crippen LogP contribution in [0.3, 0.4) is 0 Å². The maximum Gasteiger partial charge on any atom is 0.226 e. The zero-order chi connectivity index (χ0) is 20.9. The highest BCUT2D eigenvalue weighted by atomic mass is 35.5. The number of fused-ring (bicyclic) bond motifs is 3. The van der Waals surface area contributed by atoms with E-state index in [1.54, 1.807) is 6.33 Å². The Kier molecular flexibility index (Phi) is 4.26. The Balaban J connectivity index is 1.65. The molecule has 3 aromatic carbocycles. The molecule has 0 aliphatic carbocycles. The van der Waals surface area contributed by atoms with E-state index in [9.17, 15) is 0 Å². The van der Waals surface area contributed by atoms with Crippen LogP contribution in [0.5, 0.6) is 5.75 Å². The summed E-state index contributed by atoms with van der Waals surface area (Å²) in [6, 6.07) is 23.3. The van der Waals surface area contributed by atoms with Crippen molar-refractivity contribution in [2.24, 2.45) is 0 Å². The van der Waals surface area contributed by atoms with Crippen molar-refractivity contribution < 1.29 is 4.74 Å². The van der Waals surface area contributed by atoms with Crippen LogP contribution in [0.1, 0.15) is 28.8 Å². The molecule has 0 amide bonds. The average Bonchev–Trinajstić information content (AvgIpc) is 3.27. The number of nitrogens with zero attached hydrogens (tertiary/aromatic N) is 3. The predicted molar refractivity (Wildman–Crippen MR) is 121 cm³/mol. The summed E-state index contributed by atoms with van der Waals surface area (Å²) in [5, 5.41) is 9.34. The minimum atomic E-state index is -0.399. The van der Waals surface area contributed by atoms with Gasteiger partial charge in [0.15, 0.2) is 6.10 Å². The normalized spacial score (nSPS) is 19.0. The smallest absolute Gasteiger partial charge is 0.226 e. The second kappa shape index (κ2) is 7.15. The zero-order valence-electron chi connectivity index (χ0n) is 16.2. The van der Waals surface area contributed by atoms with Gasteiger partial charge >= 0.3 is 0 Å². The molecule has 0 saturated carbocycles. The number of anilines is 1. The molecular formula is C24H16Cl2N4O. The van der Waals surface area contributed by atoms with Crippen molar-refractivity contribution in [1.82, 2.24) is 14.8 Å². The molecule has 3 heterocycles. The molecule has 7 heteroatoms. The summed E-state index contributed by atoms with van der Waals surface area (Å²) < 4.78 is 8.44. The fraction of sp³-hybridized carbons (Fsp3) is 0.0833. The van der Waals surface area contributed by atoms with Crippen molar-refractivity contribution in [2.45, 2.75) is 12.1 Å². The van der Waals surface area contributed by atoms with Gasteiger partial charge in [0.05, 0.1) is 5.70 Å². The standard InChI is InChI=1S/C24H16Cl2N4O/c25-15-11-9-14(10-12-15)22-20-21(29-24-27-13-28-30(22)24)17-6-2-4-8-19(17)31-23(20)16-5-1-3-7-18(16)26/h1-13,22-23H,(H,27,28,29)/t22-,23-/m1/s1. The first-order valence-corrected chi connectivity index (χ1v) is 10.6. The summed E-state index contributed by atoms with van der Waals surface area (Å²) in [5.74, 6) is 1.47. The lowest BCUT2D eigenvalue weighted by atomic mass is 9.84. The fourth-order valence-electron chi connectivity index (χ4n) is 4.33. The number of ether oxygens (including phenoxy) is 1. The van der Waals surface area contributed by atoms with Crippen LogP contribution in [0, 0.1) is 0 Å². The number of halogens is 2. The molecule has 152 valence electrons. The molecule has 0 spiro atoms. The summed E-state index contributed by atoms with van der Waals surface area (Å²) in [5.41, 5.74) is 4.90. The van der Waals surface area contributed by atoms with Crippen LogP contribution in [0.25, 0.3) is 5.70 Å². The number of aromatic nitrogens is 3. The number of para-hydroxylation sites is 1. The summed E-state index contributed by atoms with van der Waals surface area (Å²) >= 11 is 12.8. The maximum atomic E-state index is 6.63. The Morgan fingerprint density at radius 2 is 1.68 bits per heavy atom. The molecule has 6 rings (SSSR count). The van der Waals surface area contributed by atoms with Crippen molar-refractivity contribution in [3.05, 3.63) is 111 Å². The number of nitrogens with one attached hydrogen (secondary N) is 1. The molecule has 5 nitrogen and oxygen atoms in total. The van der Waals surface area contributed by atoms with Crippen molar-refractivity contribution in [2.75, 3.05) is 5.32 Å². The van der Waals surface area contributed by atoms with Gasteiger partial charge in [-0.05, 0) is 35.9 Å². The SMILES string of the molecule is Clc1ccc([C@@H]2C3=C(Nc4ncnn42)c2ccccc2O[C@@H]3c2ccccc2Cl)cc1. The topological polar surface area (TPSA) is 52.0 Å². The predicted octanol–water partition coefficient (Wildman–Crippen LogP) is 6.14. The number of rotatable bonds is 2. The Labute approximate surface area is 188 Å². The van der Waals surface area contributed by atoms with E-state index < -0.39 is 6.10 Å². The van der Waals surface area contributed by atoms with Gasteiger partial charge in [0.25, 0.3) is 0 Å². The van der Waals surface area contributed by atoms with Crippen molar-refractivity contribution in [1.29, 1.82) is 0 Å². The van der Waals surface area contributed by atoms with Crippen LogP contribution >= 0.6 is 23.2 Å². The highest BCUT2D eigenvalue weighted by Crippen LogP contribution is 2.51. The van der Waals surface area contributed by atoms with Gasteiger partial charge in [-0.2, -0.15) is 10.1 Å². The van der Waals surface area contributed by atoms with E-state index in [2.05, 4.69) is 15.4 Å². The molecule has 2 atom stereocenters. The Bertz CT molecular complexity index is 1330. The van der Waals surface area contributed by atoms with Crippen molar-refractivity contribution in [3.8, 4) is 5.75 Å². The van der Waals surface area contributed by atoms with Crippen molar-refractivity contribution in [3.63, 3.8) is 0 Å². The van der Waals surface area contributed by atoms with Crippen LogP contribution in [-0.2, 0) is 0 Å². The van der Waals surface area contributed by atoms with Gasteiger partial charge in [0, 0.05) is 26.7 Å². The maximum absolute atomic E-state index is 6.63. The lowest BCUT2D eigenvalue weighted by molar-refractivity contribution is 0.223. The van der Waals surface area contributed by atoms with E-state index in [1.807, 2.05) is 77.5 Å². The first-order chi connectivity index (χ1) is 15.2. The second-order valence-corrected chi connectivity index (χ2v) is 8.30. The van der Waals surface area contributed by atoms with E-state index in [1.165, 1.54) is 0 Å². The monoisotopic (exact) mass is 446 g/mol. The third kappa shape index (κ3) is 2.92. The second-order valence-electron chi connectivity index (χ2n) is 7.45. The van der Waals surface area contributed by atoms with Crippen LogP contribution in [0.4, 0.5) is 5.95 Å². The molecule has 0 bridgehead atoms. The van der Waals surface area contributed by atoms with E-state index >= 15 is 0 Å². The Hall–Kier alpha value is -3.28. The minimum Gasteiger partial charge on any atom is -0.480 e. The molecule has 0 unspecified atom stereocenters. The number of hydrogen-bond donors (Lipinski definition) is 1.